The summed E-state index contributed by atoms with van der Waals surface area (Å²) in [5.74, 6) is -0.858. The zero-order chi connectivity index (χ0) is 26.9. The summed E-state index contributed by atoms with van der Waals surface area (Å²) in [4.78, 5) is 43.7. The van der Waals surface area contributed by atoms with Crippen molar-refractivity contribution in [1.82, 2.24) is 10.4 Å². The number of hydrogen-bond acceptors (Lipinski definition) is 7. The number of nitrogens with one attached hydrogen (secondary N) is 1. The number of benzene rings is 2. The Bertz CT molecular complexity index is 1010. The topological polar surface area (TPSA) is 107 Å². The Morgan fingerprint density at radius 3 is 1.72 bits per heavy atom. The van der Waals surface area contributed by atoms with E-state index in [4.69, 9.17) is 14.2 Å². The maximum absolute atomic E-state index is 13.2. The summed E-state index contributed by atoms with van der Waals surface area (Å²) in [6.07, 6.45) is -3.57. The molecular weight excluding hydrogens is 462 g/mol. The Balaban J connectivity index is 2.67. The number of carbonyl (C=O) groups excluding carboxylic acids is 3. The third kappa shape index (κ3) is 9.05. The van der Waals surface area contributed by atoms with E-state index in [-0.39, 0.29) is 6.61 Å². The summed E-state index contributed by atoms with van der Waals surface area (Å²) in [5.41, 5.74) is 2.36. The normalized spacial score (nSPS) is 12.1. The molecule has 0 aliphatic heterocycles. The second-order valence-electron chi connectivity index (χ2n) is 9.80. The van der Waals surface area contributed by atoms with E-state index in [9.17, 15) is 14.4 Å². The summed E-state index contributed by atoms with van der Waals surface area (Å²) in [6.45, 7) is 11.7. The van der Waals surface area contributed by atoms with Gasteiger partial charge < -0.3 is 14.2 Å². The van der Waals surface area contributed by atoms with E-state index in [2.05, 4.69) is 10.4 Å². The van der Waals surface area contributed by atoms with E-state index in [1.54, 1.807) is 48.5 Å². The maximum Gasteiger partial charge on any atom is 0.431 e. The van der Waals surface area contributed by atoms with Gasteiger partial charge in [-0.05, 0) is 48.5 Å². The predicted molar refractivity (Wildman–Crippen MR) is 136 cm³/mol. The van der Waals surface area contributed by atoms with Crippen LogP contribution >= 0.6 is 0 Å². The van der Waals surface area contributed by atoms with Crippen LogP contribution in [0.3, 0.4) is 0 Å². The summed E-state index contributed by atoms with van der Waals surface area (Å²) in [7, 11) is 0. The number of carbonyl (C=O) groups is 3. The third-order valence-corrected chi connectivity index (χ3v) is 4.29. The molecular formula is C27H35N3O6. The standard InChI is InChI=1S/C27H35N3O6/c1-8-34-23(31)22(28-21(19-15-11-9-12-16-19)20-17-13-10-14-18-20)30(25(33)36-27(5,6)7)29-24(32)35-26(2,3)4/h9-18,22H,8H2,1-7H3,(H,29,32). The van der Waals surface area contributed by atoms with Crippen LogP contribution in [0, 0.1) is 0 Å². The average Bonchev–Trinajstić information content (AvgIpc) is 2.77. The van der Waals surface area contributed by atoms with Crippen molar-refractivity contribution in [2.24, 2.45) is 4.99 Å². The number of nitrogens with zero attached hydrogens (tertiary/aromatic N) is 2. The molecule has 36 heavy (non-hydrogen) atoms. The largest absolute Gasteiger partial charge is 0.463 e. The van der Waals surface area contributed by atoms with E-state index >= 15 is 0 Å². The van der Waals surface area contributed by atoms with Crippen LogP contribution in [0.15, 0.2) is 65.7 Å². The fourth-order valence-electron chi connectivity index (χ4n) is 2.98. The van der Waals surface area contributed by atoms with Gasteiger partial charge in [-0.15, -0.1) is 0 Å². The first-order chi connectivity index (χ1) is 16.8. The van der Waals surface area contributed by atoms with Gasteiger partial charge in [0.2, 0.25) is 6.17 Å². The first kappa shape index (κ1) is 28.4. The molecule has 0 spiro atoms. The molecule has 1 N–H and O–H groups in total. The van der Waals surface area contributed by atoms with Crippen molar-refractivity contribution in [3.8, 4) is 0 Å². The molecule has 1 atom stereocenters. The minimum Gasteiger partial charge on any atom is -0.463 e. The van der Waals surface area contributed by atoms with Crippen LogP contribution in [0.25, 0.3) is 0 Å². The van der Waals surface area contributed by atoms with Crippen LogP contribution < -0.4 is 5.43 Å². The number of hydrazine groups is 1. The maximum atomic E-state index is 13.2. The fourth-order valence-corrected chi connectivity index (χ4v) is 2.98. The number of hydrogen-bond donors (Lipinski definition) is 1. The lowest BCUT2D eigenvalue weighted by molar-refractivity contribution is -0.150. The molecule has 0 radical (unpaired) electrons. The molecule has 0 saturated carbocycles. The average molecular weight is 498 g/mol. The summed E-state index contributed by atoms with van der Waals surface area (Å²) < 4.78 is 16.0. The van der Waals surface area contributed by atoms with Crippen LogP contribution in [-0.2, 0) is 19.0 Å². The van der Waals surface area contributed by atoms with Crippen LogP contribution in [0.1, 0.15) is 59.6 Å². The monoisotopic (exact) mass is 497 g/mol. The van der Waals surface area contributed by atoms with Crippen LogP contribution in [0.5, 0.6) is 0 Å². The fraction of sp³-hybridized carbons (Fsp3) is 0.407. The SMILES string of the molecule is CCOC(=O)C(N=C(c1ccccc1)c1ccccc1)N(NC(=O)OC(C)(C)C)C(=O)OC(C)(C)C. The third-order valence-electron chi connectivity index (χ3n) is 4.29. The molecule has 2 rings (SSSR count). The first-order valence-corrected chi connectivity index (χ1v) is 11.7. The molecule has 0 bridgehead atoms. The number of amides is 2. The molecule has 9 heteroatoms. The summed E-state index contributed by atoms with van der Waals surface area (Å²) >= 11 is 0. The lowest BCUT2D eigenvalue weighted by Crippen LogP contribution is -2.56. The Hall–Kier alpha value is -3.88. The van der Waals surface area contributed by atoms with E-state index in [0.29, 0.717) is 21.8 Å². The lowest BCUT2D eigenvalue weighted by atomic mass is 10.0. The Morgan fingerprint density at radius 2 is 1.31 bits per heavy atom. The van der Waals surface area contributed by atoms with Gasteiger partial charge in [-0.1, -0.05) is 60.7 Å². The van der Waals surface area contributed by atoms with Gasteiger partial charge in [-0.2, -0.15) is 5.01 Å². The minimum absolute atomic E-state index is 0.0332. The van der Waals surface area contributed by atoms with Crippen LogP contribution in [0.2, 0.25) is 0 Å². The van der Waals surface area contributed by atoms with E-state index in [1.165, 1.54) is 0 Å². The first-order valence-electron chi connectivity index (χ1n) is 11.7. The van der Waals surface area contributed by atoms with Gasteiger partial charge in [0.05, 0.1) is 12.3 Å². The molecule has 2 amide bonds. The van der Waals surface area contributed by atoms with Crippen molar-refractivity contribution < 1.29 is 28.6 Å². The van der Waals surface area contributed by atoms with Gasteiger partial charge in [0.25, 0.3) is 0 Å². The molecule has 9 nitrogen and oxygen atoms in total. The van der Waals surface area contributed by atoms with Crippen molar-refractivity contribution in [1.29, 1.82) is 0 Å². The van der Waals surface area contributed by atoms with Crippen molar-refractivity contribution in [2.45, 2.75) is 65.8 Å². The molecule has 0 aliphatic carbocycles. The molecule has 2 aromatic rings. The molecule has 0 aliphatic rings. The zero-order valence-corrected chi connectivity index (χ0v) is 21.9. The second kappa shape index (κ2) is 12.2. The van der Waals surface area contributed by atoms with E-state index in [0.717, 1.165) is 0 Å². The van der Waals surface area contributed by atoms with Crippen molar-refractivity contribution in [3.05, 3.63) is 71.8 Å². The van der Waals surface area contributed by atoms with Crippen molar-refractivity contribution in [2.75, 3.05) is 6.61 Å². The highest BCUT2D eigenvalue weighted by Crippen LogP contribution is 2.17. The summed E-state index contributed by atoms with van der Waals surface area (Å²) in [6, 6.07) is 18.3. The van der Waals surface area contributed by atoms with Gasteiger partial charge in [-0.3, -0.25) is 0 Å². The predicted octanol–water partition coefficient (Wildman–Crippen LogP) is 5.09. The number of esters is 1. The van der Waals surface area contributed by atoms with Gasteiger partial charge in [0.15, 0.2) is 0 Å². The Morgan fingerprint density at radius 1 is 0.833 bits per heavy atom. The van der Waals surface area contributed by atoms with Gasteiger partial charge in [0, 0.05) is 11.1 Å². The molecule has 2 aromatic carbocycles. The number of ether oxygens (including phenoxy) is 3. The quantitative estimate of drug-likeness (QED) is 0.258. The van der Waals surface area contributed by atoms with Crippen molar-refractivity contribution >= 4 is 23.9 Å². The molecule has 0 aromatic heterocycles. The highest BCUT2D eigenvalue weighted by molar-refractivity contribution is 6.13. The molecule has 1 unspecified atom stereocenters. The van der Waals surface area contributed by atoms with Gasteiger partial charge in [-0.25, -0.2) is 24.8 Å². The minimum atomic E-state index is -1.61. The Kier molecular flexibility index (Phi) is 9.60. The molecule has 0 saturated heterocycles. The number of aliphatic imine (C=N–C) groups is 1. The molecule has 0 fully saturated rings. The highest BCUT2D eigenvalue weighted by atomic mass is 16.6. The van der Waals surface area contributed by atoms with E-state index in [1.807, 2.05) is 60.7 Å². The molecule has 194 valence electrons. The van der Waals surface area contributed by atoms with Crippen LogP contribution in [0.4, 0.5) is 9.59 Å². The second-order valence-corrected chi connectivity index (χ2v) is 9.80. The molecule has 0 heterocycles. The van der Waals surface area contributed by atoms with Gasteiger partial charge in [0.1, 0.15) is 11.2 Å². The number of rotatable bonds is 6. The Labute approximate surface area is 212 Å². The zero-order valence-electron chi connectivity index (χ0n) is 21.9. The summed E-state index contributed by atoms with van der Waals surface area (Å²) in [5, 5.41) is 0.698. The van der Waals surface area contributed by atoms with Crippen LogP contribution in [-0.4, -0.2) is 52.9 Å². The van der Waals surface area contributed by atoms with Crippen molar-refractivity contribution in [3.63, 3.8) is 0 Å². The smallest absolute Gasteiger partial charge is 0.431 e. The van der Waals surface area contributed by atoms with E-state index < -0.39 is 35.5 Å². The van der Waals surface area contributed by atoms with Gasteiger partial charge >= 0.3 is 18.2 Å². The highest BCUT2D eigenvalue weighted by Gasteiger charge is 2.37. The lowest BCUT2D eigenvalue weighted by Gasteiger charge is -2.31.